The summed E-state index contributed by atoms with van der Waals surface area (Å²) in [6.07, 6.45) is 8.50. The smallest absolute Gasteiger partial charge is 0.307 e. The van der Waals surface area contributed by atoms with Crippen LogP contribution in [-0.4, -0.2) is 21.0 Å². The number of aromatic nitrogens is 2. The Bertz CT molecular complexity index is 870. The largest absolute Gasteiger partial charge is 0.481 e. The number of benzene rings is 2. The average molecular weight is 360 g/mol. The summed E-state index contributed by atoms with van der Waals surface area (Å²) in [7, 11) is 0. The fourth-order valence-corrected chi connectivity index (χ4v) is 3.02. The zero-order valence-electron chi connectivity index (χ0n) is 15.6. The van der Waals surface area contributed by atoms with E-state index in [0.717, 1.165) is 28.7 Å². The summed E-state index contributed by atoms with van der Waals surface area (Å²) in [6, 6.07) is 15.9. The second-order valence-electron chi connectivity index (χ2n) is 6.72. The Morgan fingerprint density at radius 1 is 0.815 bits per heavy atom. The van der Waals surface area contributed by atoms with Gasteiger partial charge in [0.25, 0.3) is 0 Å². The third kappa shape index (κ3) is 5.23. The number of rotatable bonds is 8. The minimum absolute atomic E-state index is 0.0319. The van der Waals surface area contributed by atoms with Crippen LogP contribution >= 0.6 is 0 Å². The van der Waals surface area contributed by atoms with Crippen LogP contribution in [0.2, 0.25) is 0 Å². The zero-order chi connectivity index (χ0) is 19.1. The Labute approximate surface area is 159 Å². The standard InChI is InChI=1S/C23H24N2O2/c1-2-3-4-5-17-6-12-20(13-7-17)23-24-15-21(16-25-23)19-10-8-18(9-11-19)14-22(26)27/h6-13,15-16H,2-5,14H2,1H3,(H,26,27). The van der Waals surface area contributed by atoms with Crippen LogP contribution in [0, 0.1) is 0 Å². The molecule has 0 atom stereocenters. The molecule has 1 N–H and O–H groups in total. The van der Waals surface area contributed by atoms with Crippen molar-refractivity contribution in [2.24, 2.45) is 0 Å². The number of aryl methyl sites for hydroxylation is 1. The molecule has 0 spiro atoms. The van der Waals surface area contributed by atoms with E-state index in [2.05, 4.69) is 41.2 Å². The molecule has 138 valence electrons. The van der Waals surface area contributed by atoms with Gasteiger partial charge in [0.15, 0.2) is 5.82 Å². The Balaban J connectivity index is 1.68. The molecular formula is C23H24N2O2. The molecule has 0 unspecified atom stereocenters. The highest BCUT2D eigenvalue weighted by atomic mass is 16.4. The molecule has 3 aromatic rings. The molecule has 0 bridgehead atoms. The van der Waals surface area contributed by atoms with Gasteiger partial charge in [-0.3, -0.25) is 4.79 Å². The Morgan fingerprint density at radius 2 is 1.41 bits per heavy atom. The predicted molar refractivity (Wildman–Crippen MR) is 107 cm³/mol. The van der Waals surface area contributed by atoms with Crippen LogP contribution in [0.3, 0.4) is 0 Å². The highest BCUT2D eigenvalue weighted by Crippen LogP contribution is 2.22. The Kier molecular flexibility index (Phi) is 6.31. The van der Waals surface area contributed by atoms with Gasteiger partial charge < -0.3 is 5.11 Å². The third-order valence-electron chi connectivity index (χ3n) is 4.58. The van der Waals surface area contributed by atoms with Crippen LogP contribution in [0.5, 0.6) is 0 Å². The average Bonchev–Trinajstić information content (AvgIpc) is 2.69. The second kappa shape index (κ2) is 9.08. The molecule has 1 heterocycles. The molecule has 3 rings (SSSR count). The molecule has 2 aromatic carbocycles. The molecule has 0 saturated heterocycles. The van der Waals surface area contributed by atoms with Crippen LogP contribution in [0.15, 0.2) is 60.9 Å². The normalized spacial score (nSPS) is 10.7. The van der Waals surface area contributed by atoms with E-state index < -0.39 is 5.97 Å². The maximum Gasteiger partial charge on any atom is 0.307 e. The molecular weight excluding hydrogens is 336 g/mol. The minimum atomic E-state index is -0.827. The first-order valence-electron chi connectivity index (χ1n) is 9.38. The molecule has 0 saturated carbocycles. The second-order valence-corrected chi connectivity index (χ2v) is 6.72. The summed E-state index contributed by atoms with van der Waals surface area (Å²) in [4.78, 5) is 19.8. The van der Waals surface area contributed by atoms with Crippen molar-refractivity contribution < 1.29 is 9.90 Å². The van der Waals surface area contributed by atoms with Crippen LogP contribution < -0.4 is 0 Å². The van der Waals surface area contributed by atoms with E-state index in [4.69, 9.17) is 5.11 Å². The lowest BCUT2D eigenvalue weighted by Gasteiger charge is -2.06. The van der Waals surface area contributed by atoms with Gasteiger partial charge in [-0.2, -0.15) is 0 Å². The van der Waals surface area contributed by atoms with Gasteiger partial charge in [-0.05, 0) is 29.5 Å². The number of hydrogen-bond donors (Lipinski definition) is 1. The SMILES string of the molecule is CCCCCc1ccc(-c2ncc(-c3ccc(CC(=O)O)cc3)cn2)cc1. The van der Waals surface area contributed by atoms with E-state index in [1.54, 1.807) is 0 Å². The van der Waals surface area contributed by atoms with Crippen molar-refractivity contribution in [1.29, 1.82) is 0 Å². The lowest BCUT2D eigenvalue weighted by molar-refractivity contribution is -0.136. The quantitative estimate of drug-likeness (QED) is 0.563. The van der Waals surface area contributed by atoms with E-state index in [1.807, 2.05) is 36.7 Å². The molecule has 0 amide bonds. The van der Waals surface area contributed by atoms with E-state index in [0.29, 0.717) is 5.82 Å². The van der Waals surface area contributed by atoms with Crippen LogP contribution in [-0.2, 0) is 17.6 Å². The first kappa shape index (κ1) is 18.8. The molecule has 0 fully saturated rings. The molecule has 27 heavy (non-hydrogen) atoms. The summed E-state index contributed by atoms with van der Waals surface area (Å²) >= 11 is 0. The molecule has 4 heteroatoms. The first-order chi connectivity index (χ1) is 13.2. The van der Waals surface area contributed by atoms with Crippen molar-refractivity contribution >= 4 is 5.97 Å². The van der Waals surface area contributed by atoms with Gasteiger partial charge in [0, 0.05) is 23.5 Å². The van der Waals surface area contributed by atoms with Crippen LogP contribution in [0.1, 0.15) is 37.3 Å². The third-order valence-corrected chi connectivity index (χ3v) is 4.58. The van der Waals surface area contributed by atoms with Gasteiger partial charge in [-0.25, -0.2) is 9.97 Å². The lowest BCUT2D eigenvalue weighted by Crippen LogP contribution is -1.99. The number of aliphatic carboxylic acids is 1. The fraction of sp³-hybridized carbons (Fsp3) is 0.261. The summed E-state index contributed by atoms with van der Waals surface area (Å²) in [5, 5.41) is 8.84. The number of carboxylic acid groups (broad SMARTS) is 1. The topological polar surface area (TPSA) is 63.1 Å². The van der Waals surface area contributed by atoms with E-state index in [9.17, 15) is 4.79 Å². The van der Waals surface area contributed by atoms with Crippen molar-refractivity contribution in [3.05, 3.63) is 72.1 Å². The number of carbonyl (C=O) groups is 1. The number of hydrogen-bond acceptors (Lipinski definition) is 3. The first-order valence-corrected chi connectivity index (χ1v) is 9.38. The predicted octanol–water partition coefficient (Wildman–Crippen LogP) is 5.17. The van der Waals surface area contributed by atoms with Crippen molar-refractivity contribution in [2.75, 3.05) is 0 Å². The van der Waals surface area contributed by atoms with E-state index in [1.165, 1.54) is 24.8 Å². The lowest BCUT2D eigenvalue weighted by atomic mass is 10.0. The number of nitrogens with zero attached hydrogens (tertiary/aromatic N) is 2. The fourth-order valence-electron chi connectivity index (χ4n) is 3.02. The van der Waals surface area contributed by atoms with Crippen molar-refractivity contribution in [2.45, 2.75) is 39.0 Å². The molecule has 0 radical (unpaired) electrons. The molecule has 0 aliphatic carbocycles. The van der Waals surface area contributed by atoms with Gasteiger partial charge in [0.2, 0.25) is 0 Å². The highest BCUT2D eigenvalue weighted by molar-refractivity contribution is 5.71. The molecule has 1 aromatic heterocycles. The maximum atomic E-state index is 10.8. The van der Waals surface area contributed by atoms with Crippen LogP contribution in [0.25, 0.3) is 22.5 Å². The van der Waals surface area contributed by atoms with Crippen molar-refractivity contribution in [1.82, 2.24) is 9.97 Å². The monoisotopic (exact) mass is 360 g/mol. The van der Waals surface area contributed by atoms with Crippen LogP contribution in [0.4, 0.5) is 0 Å². The number of carboxylic acids is 1. The van der Waals surface area contributed by atoms with Gasteiger partial charge in [0.1, 0.15) is 0 Å². The Hall–Kier alpha value is -3.01. The zero-order valence-corrected chi connectivity index (χ0v) is 15.6. The Morgan fingerprint density at radius 3 is 2.00 bits per heavy atom. The molecule has 0 aliphatic heterocycles. The van der Waals surface area contributed by atoms with Gasteiger partial charge in [0.05, 0.1) is 6.42 Å². The summed E-state index contributed by atoms with van der Waals surface area (Å²) in [5.74, 6) is -0.117. The van der Waals surface area contributed by atoms with Gasteiger partial charge >= 0.3 is 5.97 Å². The number of unbranched alkanes of at least 4 members (excludes halogenated alkanes) is 2. The van der Waals surface area contributed by atoms with Crippen molar-refractivity contribution in [3.63, 3.8) is 0 Å². The van der Waals surface area contributed by atoms with E-state index >= 15 is 0 Å². The van der Waals surface area contributed by atoms with Crippen molar-refractivity contribution in [3.8, 4) is 22.5 Å². The molecule has 4 nitrogen and oxygen atoms in total. The van der Waals surface area contributed by atoms with Gasteiger partial charge in [-0.1, -0.05) is 68.3 Å². The maximum absolute atomic E-state index is 10.8. The molecule has 0 aliphatic rings. The van der Waals surface area contributed by atoms with E-state index in [-0.39, 0.29) is 6.42 Å². The van der Waals surface area contributed by atoms with Gasteiger partial charge in [-0.15, -0.1) is 0 Å². The summed E-state index contributed by atoms with van der Waals surface area (Å²) in [6.45, 7) is 2.22. The summed E-state index contributed by atoms with van der Waals surface area (Å²) in [5.41, 5.74) is 5.03. The highest BCUT2D eigenvalue weighted by Gasteiger charge is 2.05. The minimum Gasteiger partial charge on any atom is -0.481 e. The summed E-state index contributed by atoms with van der Waals surface area (Å²) < 4.78 is 0.